The van der Waals surface area contributed by atoms with Gasteiger partial charge in [-0.05, 0) is 35.2 Å². The second-order valence-corrected chi connectivity index (χ2v) is 11.2. The third kappa shape index (κ3) is 11.7. The lowest BCUT2D eigenvalue weighted by Crippen LogP contribution is -2.19. The largest absolute Gasteiger partial charge is 0.510 e. The fourth-order valence-electron chi connectivity index (χ4n) is 4.77. The van der Waals surface area contributed by atoms with E-state index in [0.29, 0.717) is 30.2 Å². The van der Waals surface area contributed by atoms with Crippen molar-refractivity contribution in [1.82, 2.24) is 40.5 Å². The minimum absolute atomic E-state index is 0.0336. The molecule has 51 heavy (non-hydrogen) atoms. The zero-order valence-corrected chi connectivity index (χ0v) is 28.6. The molecule has 0 amide bonds. The number of carbonyl (C=O) groups excluding carboxylic acids is 2. The quantitative estimate of drug-likeness (QED) is 0.0538. The van der Waals surface area contributed by atoms with Gasteiger partial charge in [0, 0.05) is 31.4 Å². The Morgan fingerprint density at radius 1 is 0.882 bits per heavy atom. The van der Waals surface area contributed by atoms with Crippen LogP contribution < -0.4 is 0 Å². The summed E-state index contributed by atoms with van der Waals surface area (Å²) in [5, 5.41) is 46.1. The Hall–Kier alpha value is -4.57. The minimum Gasteiger partial charge on any atom is -0.461 e. The van der Waals surface area contributed by atoms with E-state index in [1.165, 1.54) is 0 Å². The molecule has 0 saturated carbocycles. The van der Waals surface area contributed by atoms with Gasteiger partial charge in [0.25, 0.3) is 0 Å². The van der Waals surface area contributed by atoms with Gasteiger partial charge in [0.1, 0.15) is 5.82 Å². The first-order valence-corrected chi connectivity index (χ1v) is 16.3. The van der Waals surface area contributed by atoms with Crippen molar-refractivity contribution in [3.63, 3.8) is 0 Å². The van der Waals surface area contributed by atoms with E-state index in [9.17, 15) is 9.59 Å². The number of tetrazole rings is 1. The van der Waals surface area contributed by atoms with Crippen LogP contribution in [0.5, 0.6) is 0 Å². The number of imidazole rings is 1. The molecule has 2 aromatic carbocycles. The number of aromatic nitrogens is 6. The Morgan fingerprint density at radius 2 is 1.53 bits per heavy atom. The first-order valence-electron chi connectivity index (χ1n) is 15.9. The molecule has 2 heterocycles. The van der Waals surface area contributed by atoms with Crippen molar-refractivity contribution in [3.8, 4) is 22.5 Å². The Morgan fingerprint density at radius 3 is 2.18 bits per heavy atom. The molecule has 0 aliphatic rings. The lowest BCUT2D eigenvalue weighted by atomic mass is 9.98. The molecule has 4 aromatic rings. The lowest BCUT2D eigenvalue weighted by molar-refractivity contribution is -0.493. The number of benzene rings is 2. The average Bonchev–Trinajstić information content (AvgIpc) is 3.72. The van der Waals surface area contributed by atoms with Crippen LogP contribution in [0.25, 0.3) is 22.5 Å². The predicted octanol–water partition coefficient (Wildman–Crippen LogP) is 4.88. The van der Waals surface area contributed by atoms with E-state index in [1.807, 2.05) is 48.5 Å². The Labute approximate surface area is 296 Å². The minimum atomic E-state index is -0.976. The van der Waals surface area contributed by atoms with Crippen LogP contribution in [0.2, 0.25) is 5.15 Å². The fraction of sp³-hybridized carbons (Fsp3) is 0.419. The van der Waals surface area contributed by atoms with Crippen LogP contribution in [0.1, 0.15) is 67.6 Å². The number of halogens is 1. The van der Waals surface area contributed by atoms with Gasteiger partial charge in [-0.2, -0.15) is 0 Å². The summed E-state index contributed by atoms with van der Waals surface area (Å²) in [7, 11) is 0. The van der Waals surface area contributed by atoms with Crippen molar-refractivity contribution in [2.24, 2.45) is 0 Å². The van der Waals surface area contributed by atoms with Crippen LogP contribution >= 0.6 is 11.6 Å². The summed E-state index contributed by atoms with van der Waals surface area (Å²) >= 11 is 6.44. The number of aryl methyl sites for hydroxylation is 1. The van der Waals surface area contributed by atoms with Crippen LogP contribution in [-0.4, -0.2) is 99.9 Å². The first-order chi connectivity index (χ1) is 24.6. The number of carbonyl (C=O) groups is 2. The van der Waals surface area contributed by atoms with Crippen molar-refractivity contribution in [2.75, 3.05) is 26.4 Å². The SMILES string of the molecule is CCCCc1nc(Cl)c(C(=O)OCCCON(O)O)n1Cc1ccc(-c2ccccc2-c2nnn(C(C)OC(=O)OCCCON(O)O)n2)cc1. The highest BCUT2D eigenvalue weighted by Crippen LogP contribution is 2.31. The summed E-state index contributed by atoms with van der Waals surface area (Å²) in [6.45, 7) is 3.59. The number of esters is 1. The molecular weight excluding hydrogens is 696 g/mol. The summed E-state index contributed by atoms with van der Waals surface area (Å²) in [6.07, 6.45) is 0.847. The Kier molecular flexibility index (Phi) is 15.2. The molecular formula is C31H39ClN8O11. The van der Waals surface area contributed by atoms with Gasteiger partial charge in [0.15, 0.2) is 10.8 Å². The van der Waals surface area contributed by atoms with Crippen LogP contribution in [0, 0.1) is 0 Å². The number of unbranched alkanes of at least 4 members (excludes halogenated alkanes) is 1. The second-order valence-electron chi connectivity index (χ2n) is 10.9. The summed E-state index contributed by atoms with van der Waals surface area (Å²) in [5.74, 6) is 0.281. The van der Waals surface area contributed by atoms with E-state index < -0.39 is 29.1 Å². The van der Waals surface area contributed by atoms with E-state index in [1.54, 1.807) is 11.5 Å². The molecule has 20 heteroatoms. The molecule has 0 bridgehead atoms. The molecule has 2 aromatic heterocycles. The van der Waals surface area contributed by atoms with Crippen LogP contribution in [0.3, 0.4) is 0 Å². The third-order valence-corrected chi connectivity index (χ3v) is 7.45. The summed E-state index contributed by atoms with van der Waals surface area (Å²) < 4.78 is 17.3. The van der Waals surface area contributed by atoms with Gasteiger partial charge in [-0.3, -0.25) is 30.5 Å². The van der Waals surface area contributed by atoms with Crippen molar-refractivity contribution < 1.29 is 54.3 Å². The molecule has 19 nitrogen and oxygen atoms in total. The van der Waals surface area contributed by atoms with E-state index in [-0.39, 0.29) is 50.1 Å². The highest BCUT2D eigenvalue weighted by molar-refractivity contribution is 6.32. The molecule has 0 aliphatic carbocycles. The zero-order valence-electron chi connectivity index (χ0n) is 27.9. The van der Waals surface area contributed by atoms with E-state index in [4.69, 9.17) is 46.6 Å². The molecule has 0 aliphatic heterocycles. The Bertz CT molecular complexity index is 1700. The van der Waals surface area contributed by atoms with Crippen LogP contribution in [0.4, 0.5) is 4.79 Å². The number of ether oxygens (including phenoxy) is 3. The normalized spacial score (nSPS) is 12.0. The molecule has 0 spiro atoms. The van der Waals surface area contributed by atoms with Crippen molar-refractivity contribution in [2.45, 2.75) is 58.7 Å². The number of hydrogen-bond donors (Lipinski definition) is 4. The number of nitrogens with zero attached hydrogens (tertiary/aromatic N) is 8. The topological polar surface area (TPSA) is 229 Å². The van der Waals surface area contributed by atoms with Gasteiger partial charge in [0.2, 0.25) is 12.1 Å². The van der Waals surface area contributed by atoms with Gasteiger partial charge in [-0.1, -0.05) is 73.5 Å². The molecule has 0 fully saturated rings. The highest BCUT2D eigenvalue weighted by atomic mass is 35.5. The van der Waals surface area contributed by atoms with Crippen molar-refractivity contribution >= 4 is 23.7 Å². The van der Waals surface area contributed by atoms with Crippen molar-refractivity contribution in [3.05, 3.63) is 70.8 Å². The third-order valence-electron chi connectivity index (χ3n) is 7.19. The molecule has 0 radical (unpaired) electrons. The standard InChI is InChI=1S/C31H39ClN8O11/c1-3-4-11-26-33-28(32)27(30(41)47-16-7-18-49-39(43)44)37(26)20-22-12-14-23(15-13-22)24-9-5-6-10-25(24)29-34-36-38(35-29)21(2)51-31(42)48-17-8-19-50-40(45)46/h5-6,9-10,12-15,21,43-46H,3-4,7-8,11,16-20H2,1-2H3. The van der Waals surface area contributed by atoms with Gasteiger partial charge in [-0.15, -0.1) is 15.0 Å². The van der Waals surface area contributed by atoms with E-state index in [2.05, 4.69) is 37.0 Å². The fourth-order valence-corrected chi connectivity index (χ4v) is 5.04. The Balaban J connectivity index is 1.45. The van der Waals surface area contributed by atoms with Gasteiger partial charge in [0.05, 0.1) is 37.2 Å². The smallest absolute Gasteiger partial charge is 0.461 e. The molecule has 4 rings (SSSR count). The number of hydrogen-bond acceptors (Lipinski definition) is 17. The molecule has 4 N–H and O–H groups in total. The zero-order chi connectivity index (χ0) is 36.8. The maximum Gasteiger partial charge on any atom is 0.510 e. The molecule has 0 saturated heterocycles. The van der Waals surface area contributed by atoms with Crippen LogP contribution in [0.15, 0.2) is 48.5 Å². The first kappa shape index (κ1) is 39.2. The lowest BCUT2D eigenvalue weighted by Gasteiger charge is -2.13. The van der Waals surface area contributed by atoms with Crippen LogP contribution in [-0.2, 0) is 36.9 Å². The van der Waals surface area contributed by atoms with Gasteiger partial charge in [-0.25, -0.2) is 14.6 Å². The molecule has 1 atom stereocenters. The summed E-state index contributed by atoms with van der Waals surface area (Å²) in [6, 6.07) is 15.2. The summed E-state index contributed by atoms with van der Waals surface area (Å²) in [5.41, 5.74) is 3.34. The monoisotopic (exact) mass is 734 g/mol. The van der Waals surface area contributed by atoms with Gasteiger partial charge >= 0.3 is 12.1 Å². The van der Waals surface area contributed by atoms with Crippen molar-refractivity contribution in [1.29, 1.82) is 0 Å². The molecule has 276 valence electrons. The maximum absolute atomic E-state index is 13.1. The molecule has 1 unspecified atom stereocenters. The second kappa shape index (κ2) is 19.7. The highest BCUT2D eigenvalue weighted by Gasteiger charge is 2.24. The van der Waals surface area contributed by atoms with Gasteiger partial charge < -0.3 is 18.8 Å². The maximum atomic E-state index is 13.1. The predicted molar refractivity (Wildman–Crippen MR) is 173 cm³/mol. The van der Waals surface area contributed by atoms with E-state index in [0.717, 1.165) is 34.3 Å². The number of rotatable bonds is 20. The summed E-state index contributed by atoms with van der Waals surface area (Å²) in [4.78, 5) is 39.6. The van der Waals surface area contributed by atoms with E-state index >= 15 is 0 Å². The average molecular weight is 735 g/mol.